The van der Waals surface area contributed by atoms with E-state index in [0.717, 1.165) is 10.7 Å². The highest BCUT2D eigenvalue weighted by Crippen LogP contribution is 2.32. The van der Waals surface area contributed by atoms with Crippen molar-refractivity contribution in [2.75, 3.05) is 24.3 Å². The zero-order valence-electron chi connectivity index (χ0n) is 14.9. The monoisotopic (exact) mass is 415 g/mol. The number of halogens is 1. The molecule has 6 nitrogen and oxygen atoms in total. The number of hydrogen-bond donors (Lipinski definition) is 1. The number of thioether (sulfide) groups is 1. The molecule has 0 radical (unpaired) electrons. The molecule has 8 heteroatoms. The number of benzene rings is 2. The van der Waals surface area contributed by atoms with Gasteiger partial charge < -0.3 is 19.4 Å². The quantitative estimate of drug-likeness (QED) is 0.614. The van der Waals surface area contributed by atoms with Gasteiger partial charge >= 0.3 is 0 Å². The van der Waals surface area contributed by atoms with Gasteiger partial charge in [0, 0.05) is 29.2 Å². The van der Waals surface area contributed by atoms with Gasteiger partial charge in [-0.2, -0.15) is 0 Å². The third-order valence-corrected chi connectivity index (χ3v) is 5.51. The van der Waals surface area contributed by atoms with Gasteiger partial charge in [-0.1, -0.05) is 41.6 Å². The van der Waals surface area contributed by atoms with E-state index in [2.05, 4.69) is 10.3 Å². The van der Waals surface area contributed by atoms with Crippen molar-refractivity contribution in [1.82, 2.24) is 9.55 Å². The lowest BCUT2D eigenvalue weighted by Gasteiger charge is -2.19. The maximum Gasteiger partial charge on any atom is 0.234 e. The predicted molar refractivity (Wildman–Crippen MR) is 110 cm³/mol. The highest BCUT2D eigenvalue weighted by Gasteiger charge is 2.14. The van der Waals surface area contributed by atoms with Crippen molar-refractivity contribution in [1.29, 1.82) is 0 Å². The van der Waals surface area contributed by atoms with Crippen LogP contribution in [0.5, 0.6) is 11.5 Å². The molecule has 0 fully saturated rings. The molecule has 1 aliphatic rings. The Kier molecular flexibility index (Phi) is 5.73. The lowest BCUT2D eigenvalue weighted by molar-refractivity contribution is -0.113. The fourth-order valence-corrected chi connectivity index (χ4v) is 3.77. The Bertz CT molecular complexity index is 992. The summed E-state index contributed by atoms with van der Waals surface area (Å²) in [5.74, 6) is 1.47. The molecule has 2 heterocycles. The largest absolute Gasteiger partial charge is 0.486 e. The van der Waals surface area contributed by atoms with Crippen LogP contribution in [-0.2, 0) is 11.3 Å². The minimum absolute atomic E-state index is 0.117. The summed E-state index contributed by atoms with van der Waals surface area (Å²) in [6.07, 6.45) is 3.60. The van der Waals surface area contributed by atoms with Gasteiger partial charge in [-0.25, -0.2) is 4.98 Å². The molecule has 144 valence electrons. The van der Waals surface area contributed by atoms with E-state index in [0.29, 0.717) is 42.0 Å². The highest BCUT2D eigenvalue weighted by atomic mass is 35.5. The summed E-state index contributed by atoms with van der Waals surface area (Å²) >= 11 is 7.61. The van der Waals surface area contributed by atoms with E-state index in [1.54, 1.807) is 24.4 Å². The first-order valence-electron chi connectivity index (χ1n) is 8.76. The number of carbonyl (C=O) groups is 1. The third-order valence-electron chi connectivity index (χ3n) is 4.13. The number of ether oxygens (including phenoxy) is 2. The number of carbonyl (C=O) groups excluding carboxylic acids is 1. The summed E-state index contributed by atoms with van der Waals surface area (Å²) in [4.78, 5) is 16.7. The second kappa shape index (κ2) is 8.58. The second-order valence-corrected chi connectivity index (χ2v) is 7.47. The summed E-state index contributed by atoms with van der Waals surface area (Å²) in [5.41, 5.74) is 1.68. The molecule has 1 aromatic heterocycles. The Morgan fingerprint density at radius 1 is 1.18 bits per heavy atom. The molecule has 0 aliphatic carbocycles. The Balaban J connectivity index is 1.35. The maximum atomic E-state index is 12.3. The second-order valence-electron chi connectivity index (χ2n) is 6.12. The molecule has 2 aromatic carbocycles. The van der Waals surface area contributed by atoms with Crippen LogP contribution in [0.15, 0.2) is 60.0 Å². The third kappa shape index (κ3) is 4.43. The van der Waals surface area contributed by atoms with Crippen LogP contribution in [0.1, 0.15) is 5.56 Å². The van der Waals surface area contributed by atoms with Gasteiger partial charge in [0.05, 0.1) is 12.3 Å². The molecule has 0 unspecified atom stereocenters. The molecule has 4 rings (SSSR count). The van der Waals surface area contributed by atoms with Gasteiger partial charge in [-0.05, 0) is 23.8 Å². The first kappa shape index (κ1) is 18.7. The summed E-state index contributed by atoms with van der Waals surface area (Å²) in [5, 5.41) is 4.35. The zero-order chi connectivity index (χ0) is 19.3. The lowest BCUT2D eigenvalue weighted by atomic mass is 10.2. The van der Waals surface area contributed by atoms with E-state index >= 15 is 0 Å². The number of anilines is 1. The van der Waals surface area contributed by atoms with Crippen molar-refractivity contribution < 1.29 is 14.3 Å². The van der Waals surface area contributed by atoms with Gasteiger partial charge in [0.25, 0.3) is 0 Å². The number of amides is 1. The van der Waals surface area contributed by atoms with Crippen molar-refractivity contribution in [2.45, 2.75) is 11.7 Å². The Morgan fingerprint density at radius 2 is 2.00 bits per heavy atom. The van der Waals surface area contributed by atoms with Gasteiger partial charge in [0.2, 0.25) is 5.91 Å². The van der Waals surface area contributed by atoms with Gasteiger partial charge in [-0.15, -0.1) is 0 Å². The van der Waals surface area contributed by atoms with Gasteiger partial charge in [-0.3, -0.25) is 4.79 Å². The summed E-state index contributed by atoms with van der Waals surface area (Å²) in [6, 6.07) is 13.1. The van der Waals surface area contributed by atoms with Crippen molar-refractivity contribution in [2.24, 2.45) is 0 Å². The van der Waals surface area contributed by atoms with E-state index in [-0.39, 0.29) is 11.7 Å². The van der Waals surface area contributed by atoms with E-state index in [1.165, 1.54) is 11.8 Å². The number of aromatic nitrogens is 2. The van der Waals surface area contributed by atoms with Crippen LogP contribution in [0.25, 0.3) is 0 Å². The Hall–Kier alpha value is -2.64. The van der Waals surface area contributed by atoms with E-state index in [9.17, 15) is 4.79 Å². The van der Waals surface area contributed by atoms with Gasteiger partial charge in [0.15, 0.2) is 16.7 Å². The molecule has 0 atom stereocenters. The Morgan fingerprint density at radius 3 is 2.86 bits per heavy atom. The lowest BCUT2D eigenvalue weighted by Crippen LogP contribution is -2.17. The number of nitrogens with zero attached hydrogens (tertiary/aromatic N) is 2. The van der Waals surface area contributed by atoms with Crippen LogP contribution in [0.2, 0.25) is 5.02 Å². The number of rotatable bonds is 6. The fourth-order valence-electron chi connectivity index (χ4n) is 2.81. The molecule has 28 heavy (non-hydrogen) atoms. The Labute approximate surface area is 171 Å². The smallest absolute Gasteiger partial charge is 0.234 e. The molecule has 3 aromatic rings. The van der Waals surface area contributed by atoms with E-state index in [4.69, 9.17) is 21.1 Å². The normalized spacial score (nSPS) is 12.6. The first-order valence-corrected chi connectivity index (χ1v) is 10.1. The molecule has 0 saturated heterocycles. The molecule has 1 amide bonds. The average Bonchev–Trinajstić information content (AvgIpc) is 3.15. The minimum Gasteiger partial charge on any atom is -0.486 e. The number of fused-ring (bicyclic) bond motifs is 1. The van der Waals surface area contributed by atoms with Crippen molar-refractivity contribution in [3.05, 3.63) is 65.4 Å². The van der Waals surface area contributed by atoms with Gasteiger partial charge in [0.1, 0.15) is 13.2 Å². The van der Waals surface area contributed by atoms with Crippen molar-refractivity contribution in [3.8, 4) is 11.5 Å². The topological polar surface area (TPSA) is 65.4 Å². The van der Waals surface area contributed by atoms with Crippen LogP contribution >= 0.6 is 23.4 Å². The molecule has 1 aliphatic heterocycles. The SMILES string of the molecule is O=C(CSc1nccn1Cc1ccccc1Cl)Nc1ccc2c(c1)OCCO2. The molecule has 0 saturated carbocycles. The molecular formula is C20H18ClN3O3S. The molecule has 1 N–H and O–H groups in total. The number of imidazole rings is 1. The van der Waals surface area contributed by atoms with Crippen LogP contribution < -0.4 is 14.8 Å². The molecular weight excluding hydrogens is 398 g/mol. The average molecular weight is 416 g/mol. The van der Waals surface area contributed by atoms with Crippen LogP contribution in [0.4, 0.5) is 5.69 Å². The van der Waals surface area contributed by atoms with E-state index < -0.39 is 0 Å². The summed E-state index contributed by atoms with van der Waals surface area (Å²) < 4.78 is 13.0. The van der Waals surface area contributed by atoms with Crippen LogP contribution in [-0.4, -0.2) is 34.4 Å². The number of nitrogens with one attached hydrogen (secondary N) is 1. The minimum atomic E-state index is -0.117. The molecule has 0 bridgehead atoms. The standard InChI is InChI=1S/C20H18ClN3O3S/c21-16-4-2-1-3-14(16)12-24-8-7-22-20(24)28-13-19(25)23-15-5-6-17-18(11-15)27-10-9-26-17/h1-8,11H,9-10,12-13H2,(H,23,25). The highest BCUT2D eigenvalue weighted by molar-refractivity contribution is 7.99. The van der Waals surface area contributed by atoms with Crippen molar-refractivity contribution in [3.63, 3.8) is 0 Å². The first-order chi connectivity index (χ1) is 13.7. The zero-order valence-corrected chi connectivity index (χ0v) is 16.5. The van der Waals surface area contributed by atoms with E-state index in [1.807, 2.05) is 35.0 Å². The molecule has 0 spiro atoms. The van der Waals surface area contributed by atoms with Crippen LogP contribution in [0.3, 0.4) is 0 Å². The summed E-state index contributed by atoms with van der Waals surface area (Å²) in [6.45, 7) is 1.65. The fraction of sp³-hybridized carbons (Fsp3) is 0.200. The maximum absolute atomic E-state index is 12.3. The van der Waals surface area contributed by atoms with Crippen molar-refractivity contribution >= 4 is 35.0 Å². The predicted octanol–water partition coefficient (Wildman–Crippen LogP) is 4.09. The summed E-state index contributed by atoms with van der Waals surface area (Å²) in [7, 11) is 0. The van der Waals surface area contributed by atoms with Crippen LogP contribution in [0, 0.1) is 0 Å². The number of hydrogen-bond acceptors (Lipinski definition) is 5.